The molecule has 4 aromatic heterocycles. The van der Waals surface area contributed by atoms with Gasteiger partial charge in [0.1, 0.15) is 37.4 Å². The summed E-state index contributed by atoms with van der Waals surface area (Å²) < 4.78 is 19.9. The Morgan fingerprint density at radius 1 is 0.702 bits per heavy atom. The SMILES string of the molecule is C[Si](C)(C)CCOCCl.C[Si](C)(C)CCOCn1cnc(C#N)c1.C[Si](C)(C)CCOCn1cnc(C2(N)CC2)c1.N#Cc1cnc[nH]1.NC1(c2cnc[nH]2)CC1. The predicted octanol–water partition coefficient (Wildman–Crippen LogP) is 7.39. The van der Waals surface area contributed by atoms with Gasteiger partial charge < -0.3 is 44.8 Å². The second kappa shape index (κ2) is 23.8. The lowest BCUT2D eigenvalue weighted by molar-refractivity contribution is 0.0870. The molecule has 0 aliphatic heterocycles. The van der Waals surface area contributed by atoms with Crippen LogP contribution in [0.1, 0.15) is 48.5 Å². The van der Waals surface area contributed by atoms with Gasteiger partial charge in [-0.25, -0.2) is 19.9 Å². The number of alkyl halides is 1. The molecule has 19 heteroatoms. The van der Waals surface area contributed by atoms with Crippen molar-refractivity contribution in [2.24, 2.45) is 11.5 Å². The first-order chi connectivity index (χ1) is 26.7. The molecule has 2 aliphatic carbocycles. The molecule has 0 amide bonds. The van der Waals surface area contributed by atoms with E-state index in [2.05, 4.69) is 88.8 Å². The average Bonchev–Trinajstić information content (AvgIpc) is 3.67. The number of hydrogen-bond donors (Lipinski definition) is 4. The standard InChI is InChI=1S/C12H23N3OSi.C10H17N3OSi.C6H15ClOSi.C6H9N3.C4H3N3/c1-17(2,3)7-6-16-10-15-8-11(14-9-15)12(13)4-5-12;1-15(2,3)5-4-14-9-13-7-10(6-11)12-8-13;1-9(2,3)5-4-8-6-7;7-6(1-2-6)5-3-8-4-9-5;5-1-4-2-6-3-7-4/h8-9H,4-7,10,13H2,1-3H3;7-8H,4-5,9H2,1-3H3;4-6H2,1-3H3;3-4H,1-2,7H2,(H,8,9);2-3H,(H,6,7). The number of rotatable bonds is 16. The van der Waals surface area contributed by atoms with Gasteiger partial charge in [0.2, 0.25) is 0 Å². The van der Waals surface area contributed by atoms with Crippen LogP contribution in [0.3, 0.4) is 0 Å². The lowest BCUT2D eigenvalue weighted by atomic mass is 10.2. The molecule has 0 spiro atoms. The van der Waals surface area contributed by atoms with E-state index in [1.165, 1.54) is 24.6 Å². The van der Waals surface area contributed by atoms with Gasteiger partial charge in [0.25, 0.3) is 0 Å². The normalized spacial score (nSPS) is 14.8. The van der Waals surface area contributed by atoms with E-state index >= 15 is 0 Å². The number of nitriles is 2. The Morgan fingerprint density at radius 2 is 1.19 bits per heavy atom. The molecule has 316 valence electrons. The molecule has 4 heterocycles. The van der Waals surface area contributed by atoms with Crippen LogP contribution in [0, 0.1) is 22.7 Å². The van der Waals surface area contributed by atoms with E-state index in [-0.39, 0.29) is 11.1 Å². The van der Waals surface area contributed by atoms with Crippen LogP contribution >= 0.6 is 11.6 Å². The molecule has 0 aromatic carbocycles. The molecule has 0 radical (unpaired) electrons. The first kappa shape index (κ1) is 49.7. The highest BCUT2D eigenvalue weighted by atomic mass is 35.5. The molecule has 0 atom stereocenters. The Bertz CT molecular complexity index is 1740. The molecule has 0 saturated heterocycles. The maximum Gasteiger partial charge on any atom is 0.158 e. The first-order valence-electron chi connectivity index (χ1n) is 19.4. The molecule has 2 saturated carbocycles. The molecule has 6 N–H and O–H groups in total. The van der Waals surface area contributed by atoms with E-state index in [0.717, 1.165) is 62.9 Å². The van der Waals surface area contributed by atoms with Crippen LogP contribution in [0.15, 0.2) is 50.1 Å². The van der Waals surface area contributed by atoms with E-state index in [9.17, 15) is 0 Å². The highest BCUT2D eigenvalue weighted by molar-refractivity contribution is 6.76. The van der Waals surface area contributed by atoms with Crippen LogP contribution in [-0.4, -0.2) is 89.1 Å². The minimum Gasteiger partial charge on any atom is -0.366 e. The van der Waals surface area contributed by atoms with Crippen molar-refractivity contribution < 1.29 is 14.2 Å². The van der Waals surface area contributed by atoms with Crippen molar-refractivity contribution in [3.8, 4) is 12.1 Å². The monoisotopic (exact) mass is 858 g/mol. The Morgan fingerprint density at radius 3 is 1.58 bits per heavy atom. The fraction of sp³-hybridized carbons (Fsp3) is 0.632. The van der Waals surface area contributed by atoms with Crippen LogP contribution in [0.4, 0.5) is 0 Å². The number of aromatic amines is 2. The lowest BCUT2D eigenvalue weighted by Gasteiger charge is -2.15. The van der Waals surface area contributed by atoms with Crippen molar-refractivity contribution in [3.63, 3.8) is 0 Å². The Hall–Kier alpha value is -3.44. The third-order valence-corrected chi connectivity index (χ3v) is 13.9. The summed E-state index contributed by atoms with van der Waals surface area (Å²) in [5, 5.41) is 16.7. The molecule has 0 bridgehead atoms. The summed E-state index contributed by atoms with van der Waals surface area (Å²) in [6.07, 6.45) is 17.8. The molecular formula is C38H67ClN12O3Si3. The lowest BCUT2D eigenvalue weighted by Crippen LogP contribution is -2.22. The van der Waals surface area contributed by atoms with E-state index in [1.54, 1.807) is 29.6 Å². The molecule has 0 unspecified atom stereocenters. The maximum absolute atomic E-state index is 8.57. The van der Waals surface area contributed by atoms with Crippen molar-refractivity contribution in [2.75, 3.05) is 25.9 Å². The van der Waals surface area contributed by atoms with Gasteiger partial charge >= 0.3 is 0 Å². The van der Waals surface area contributed by atoms with Gasteiger partial charge in [-0.15, -0.1) is 0 Å². The molecular weight excluding hydrogens is 792 g/mol. The maximum atomic E-state index is 8.57. The smallest absolute Gasteiger partial charge is 0.158 e. The molecule has 57 heavy (non-hydrogen) atoms. The summed E-state index contributed by atoms with van der Waals surface area (Å²) in [6.45, 7) is 24.5. The second-order valence-corrected chi connectivity index (χ2v) is 35.1. The fourth-order valence-corrected chi connectivity index (χ4v) is 6.73. The number of nitrogens with one attached hydrogen (secondary N) is 2. The number of aromatic nitrogens is 8. The second-order valence-electron chi connectivity index (χ2n) is 18.0. The highest BCUT2D eigenvalue weighted by Gasteiger charge is 2.42. The fourth-order valence-electron chi connectivity index (χ4n) is 4.35. The highest BCUT2D eigenvalue weighted by Crippen LogP contribution is 2.42. The van der Waals surface area contributed by atoms with Crippen molar-refractivity contribution >= 4 is 35.8 Å². The summed E-state index contributed by atoms with van der Waals surface area (Å²) in [5.41, 5.74) is 14.8. The quantitative estimate of drug-likeness (QED) is 0.0494. The van der Waals surface area contributed by atoms with Crippen LogP contribution in [-0.2, 0) is 38.8 Å². The number of ether oxygens (including phenoxy) is 3. The number of nitrogens with zero attached hydrogens (tertiary/aromatic N) is 8. The van der Waals surface area contributed by atoms with Gasteiger partial charge in [0, 0.05) is 62.6 Å². The summed E-state index contributed by atoms with van der Waals surface area (Å²) in [4.78, 5) is 21.4. The summed E-state index contributed by atoms with van der Waals surface area (Å²) in [6, 6.07) is 7.78. The van der Waals surface area contributed by atoms with Gasteiger partial charge in [0.15, 0.2) is 5.69 Å². The number of nitrogens with two attached hydrogens (primary N) is 2. The van der Waals surface area contributed by atoms with E-state index < -0.39 is 24.2 Å². The largest absolute Gasteiger partial charge is 0.366 e. The number of halogens is 1. The van der Waals surface area contributed by atoms with Crippen LogP contribution in [0.25, 0.3) is 0 Å². The zero-order valence-electron chi connectivity index (χ0n) is 35.6. The molecule has 2 fully saturated rings. The van der Waals surface area contributed by atoms with Crippen molar-refractivity contribution in [1.29, 1.82) is 10.5 Å². The van der Waals surface area contributed by atoms with E-state index in [1.807, 2.05) is 29.2 Å². The zero-order valence-corrected chi connectivity index (χ0v) is 39.4. The summed E-state index contributed by atoms with van der Waals surface area (Å²) in [5.74, 6) is 0. The minimum atomic E-state index is -0.999. The number of H-pyrrole nitrogens is 2. The van der Waals surface area contributed by atoms with E-state index in [0.29, 0.717) is 30.9 Å². The van der Waals surface area contributed by atoms with Crippen molar-refractivity contribution in [2.45, 2.75) is 127 Å². The third-order valence-electron chi connectivity index (χ3n) is 8.67. The number of imidazole rings is 4. The topological polar surface area (TPSA) is 220 Å². The van der Waals surface area contributed by atoms with Crippen LogP contribution < -0.4 is 11.5 Å². The Labute approximate surface area is 347 Å². The van der Waals surface area contributed by atoms with Crippen LogP contribution in [0.2, 0.25) is 77.1 Å². The summed E-state index contributed by atoms with van der Waals surface area (Å²) in [7, 11) is -2.86. The molecule has 15 nitrogen and oxygen atoms in total. The molecule has 4 aromatic rings. The van der Waals surface area contributed by atoms with Gasteiger partial charge in [0.05, 0.1) is 54.0 Å². The van der Waals surface area contributed by atoms with Gasteiger partial charge in [-0.2, -0.15) is 10.5 Å². The van der Waals surface area contributed by atoms with Crippen LogP contribution in [0.5, 0.6) is 0 Å². The zero-order chi connectivity index (χ0) is 42.6. The Balaban J connectivity index is 0.000000256. The molecule has 2 aliphatic rings. The predicted molar refractivity (Wildman–Crippen MR) is 234 cm³/mol. The average molecular weight is 860 g/mol. The third kappa shape index (κ3) is 22.9. The molecule has 6 rings (SSSR count). The van der Waals surface area contributed by atoms with Gasteiger partial charge in [-0.05, 0) is 43.8 Å². The minimum absolute atomic E-state index is 0.0451. The van der Waals surface area contributed by atoms with Gasteiger partial charge in [-0.3, -0.25) is 0 Å². The number of hydrogen-bond acceptors (Lipinski definition) is 11. The first-order valence-corrected chi connectivity index (χ1v) is 31.0. The van der Waals surface area contributed by atoms with Gasteiger partial charge in [-0.1, -0.05) is 70.5 Å². The van der Waals surface area contributed by atoms with E-state index in [4.69, 9.17) is 47.8 Å². The van der Waals surface area contributed by atoms with Crippen molar-refractivity contribution in [3.05, 3.63) is 72.9 Å². The summed E-state index contributed by atoms with van der Waals surface area (Å²) >= 11 is 5.32. The Kier molecular flexibility index (Phi) is 20.8. The van der Waals surface area contributed by atoms with Crippen molar-refractivity contribution in [1.82, 2.24) is 39.0 Å².